The number of hydrogen-bond acceptors (Lipinski definition) is 2. The van der Waals surface area contributed by atoms with Crippen molar-refractivity contribution in [2.75, 3.05) is 33.4 Å². The van der Waals surface area contributed by atoms with Gasteiger partial charge in [0.15, 0.2) is 0 Å². The van der Waals surface area contributed by atoms with Crippen molar-refractivity contribution in [3.8, 4) is 0 Å². The molecule has 0 fully saturated rings. The van der Waals surface area contributed by atoms with Crippen LogP contribution < -0.4 is 5.73 Å². The Kier molecular flexibility index (Phi) is 5.88. The Balaban J connectivity index is 2.95. The van der Waals surface area contributed by atoms with Crippen LogP contribution in [0.3, 0.4) is 0 Å². The van der Waals surface area contributed by atoms with Gasteiger partial charge in [0.25, 0.3) is 0 Å². The van der Waals surface area contributed by atoms with E-state index < -0.39 is 0 Å². The van der Waals surface area contributed by atoms with Gasteiger partial charge in [-0.05, 0) is 13.5 Å². The van der Waals surface area contributed by atoms with E-state index in [1.807, 2.05) is 11.9 Å². The molecule has 2 nitrogen and oxygen atoms in total. The predicted molar refractivity (Wildman–Crippen MR) is 37.1 cm³/mol. The highest BCUT2D eigenvalue weighted by atomic mass is 19.1. The van der Waals surface area contributed by atoms with Crippen LogP contribution in [0, 0.1) is 0 Å². The molecule has 0 spiro atoms. The fraction of sp³-hybridized carbons (Fsp3) is 1.00. The van der Waals surface area contributed by atoms with Gasteiger partial charge in [0.2, 0.25) is 0 Å². The van der Waals surface area contributed by atoms with Gasteiger partial charge in [0, 0.05) is 19.6 Å². The average molecular weight is 134 g/mol. The summed E-state index contributed by atoms with van der Waals surface area (Å²) in [5.41, 5.74) is 5.27. The maximum absolute atomic E-state index is 11.5. The molecule has 3 heteroatoms. The van der Waals surface area contributed by atoms with Crippen LogP contribution in [0.2, 0.25) is 0 Å². The molecule has 0 aliphatic carbocycles. The number of halogens is 1. The molecule has 0 saturated heterocycles. The molecule has 0 saturated carbocycles. The van der Waals surface area contributed by atoms with E-state index in [-0.39, 0.29) is 6.67 Å². The normalized spacial score (nSPS) is 10.7. The van der Waals surface area contributed by atoms with Crippen molar-refractivity contribution in [1.82, 2.24) is 4.90 Å². The lowest BCUT2D eigenvalue weighted by Gasteiger charge is -2.12. The van der Waals surface area contributed by atoms with E-state index in [4.69, 9.17) is 5.73 Å². The Morgan fingerprint density at radius 1 is 1.44 bits per heavy atom. The van der Waals surface area contributed by atoms with Crippen molar-refractivity contribution in [3.63, 3.8) is 0 Å². The topological polar surface area (TPSA) is 29.3 Å². The minimum Gasteiger partial charge on any atom is -0.329 e. The number of rotatable bonds is 5. The van der Waals surface area contributed by atoms with Gasteiger partial charge in [0.1, 0.15) is 0 Å². The molecule has 0 aromatic carbocycles. The Morgan fingerprint density at radius 3 is 2.56 bits per heavy atom. The fourth-order valence-corrected chi connectivity index (χ4v) is 0.662. The molecular weight excluding hydrogens is 119 g/mol. The molecule has 0 amide bonds. The molecular formula is C6H15FN2. The van der Waals surface area contributed by atoms with Gasteiger partial charge >= 0.3 is 0 Å². The van der Waals surface area contributed by atoms with Crippen molar-refractivity contribution >= 4 is 0 Å². The highest BCUT2D eigenvalue weighted by Gasteiger charge is 1.93. The third-order valence-electron chi connectivity index (χ3n) is 1.18. The Hall–Kier alpha value is -0.150. The molecule has 0 aromatic rings. The van der Waals surface area contributed by atoms with Gasteiger partial charge < -0.3 is 10.6 Å². The first kappa shape index (κ1) is 8.85. The highest BCUT2D eigenvalue weighted by Crippen LogP contribution is 1.85. The summed E-state index contributed by atoms with van der Waals surface area (Å²) in [5, 5.41) is 0. The Bertz CT molecular complexity index is 59.0. The van der Waals surface area contributed by atoms with E-state index in [0.29, 0.717) is 13.0 Å². The van der Waals surface area contributed by atoms with Crippen molar-refractivity contribution in [3.05, 3.63) is 0 Å². The van der Waals surface area contributed by atoms with Gasteiger partial charge in [0.05, 0.1) is 6.67 Å². The molecule has 0 unspecified atom stereocenters. The van der Waals surface area contributed by atoms with Crippen molar-refractivity contribution in [1.29, 1.82) is 0 Å². The smallest absolute Gasteiger partial charge is 0.0906 e. The summed E-state index contributed by atoms with van der Waals surface area (Å²) >= 11 is 0. The lowest BCUT2D eigenvalue weighted by atomic mass is 10.4. The fourth-order valence-electron chi connectivity index (χ4n) is 0.662. The first-order valence-electron chi connectivity index (χ1n) is 3.26. The Labute approximate surface area is 55.8 Å². The largest absolute Gasteiger partial charge is 0.329 e. The van der Waals surface area contributed by atoms with E-state index in [9.17, 15) is 4.39 Å². The maximum Gasteiger partial charge on any atom is 0.0906 e. The molecule has 0 radical (unpaired) electrons. The molecule has 0 aromatic heterocycles. The average Bonchev–Trinajstić information content (AvgIpc) is 1.85. The van der Waals surface area contributed by atoms with Crippen LogP contribution >= 0.6 is 0 Å². The Morgan fingerprint density at radius 2 is 2.11 bits per heavy atom. The number of nitrogens with two attached hydrogens (primary N) is 1. The summed E-state index contributed by atoms with van der Waals surface area (Å²) in [7, 11) is 1.95. The summed E-state index contributed by atoms with van der Waals surface area (Å²) in [4.78, 5) is 2.03. The molecule has 0 rings (SSSR count). The van der Waals surface area contributed by atoms with Crippen LogP contribution in [-0.2, 0) is 0 Å². The molecule has 9 heavy (non-hydrogen) atoms. The minimum absolute atomic E-state index is 0.227. The number of hydrogen-bond donors (Lipinski definition) is 1. The predicted octanol–water partition coefficient (Wildman–Crippen LogP) is 0.236. The molecule has 0 aliphatic rings. The number of likely N-dealkylation sites (N-methyl/N-ethyl adjacent to an activating group) is 1. The summed E-state index contributed by atoms with van der Waals surface area (Å²) in [6.45, 7) is 2.10. The summed E-state index contributed by atoms with van der Waals surface area (Å²) in [6, 6.07) is 0. The van der Waals surface area contributed by atoms with Gasteiger partial charge in [-0.1, -0.05) is 0 Å². The molecule has 0 aliphatic heterocycles. The third kappa shape index (κ3) is 5.73. The van der Waals surface area contributed by atoms with E-state index in [1.54, 1.807) is 0 Å². The van der Waals surface area contributed by atoms with E-state index >= 15 is 0 Å². The van der Waals surface area contributed by atoms with E-state index in [2.05, 4.69) is 0 Å². The lowest BCUT2D eigenvalue weighted by molar-refractivity contribution is 0.316. The second-order valence-corrected chi connectivity index (χ2v) is 2.13. The number of nitrogens with zero attached hydrogens (tertiary/aromatic N) is 1. The molecule has 0 atom stereocenters. The van der Waals surface area contributed by atoms with Crippen LogP contribution in [0.5, 0.6) is 0 Å². The summed E-state index contributed by atoms with van der Waals surface area (Å²) in [5.74, 6) is 0. The highest BCUT2D eigenvalue weighted by molar-refractivity contribution is 4.50. The van der Waals surface area contributed by atoms with Crippen molar-refractivity contribution in [2.45, 2.75) is 6.42 Å². The second kappa shape index (κ2) is 5.98. The molecule has 0 heterocycles. The maximum atomic E-state index is 11.5. The molecule has 56 valence electrons. The van der Waals surface area contributed by atoms with Crippen molar-refractivity contribution < 1.29 is 4.39 Å². The summed E-state index contributed by atoms with van der Waals surface area (Å²) in [6.07, 6.45) is 0.622. The minimum atomic E-state index is -0.227. The zero-order valence-corrected chi connectivity index (χ0v) is 5.94. The molecule has 2 N–H and O–H groups in total. The second-order valence-electron chi connectivity index (χ2n) is 2.13. The van der Waals surface area contributed by atoms with Crippen LogP contribution in [0.4, 0.5) is 4.39 Å². The van der Waals surface area contributed by atoms with Gasteiger partial charge in [-0.3, -0.25) is 4.39 Å². The first-order valence-corrected chi connectivity index (χ1v) is 3.26. The van der Waals surface area contributed by atoms with Crippen LogP contribution in [-0.4, -0.2) is 38.3 Å². The first-order chi connectivity index (χ1) is 4.31. The van der Waals surface area contributed by atoms with Crippen LogP contribution in [0.15, 0.2) is 0 Å². The monoisotopic (exact) mass is 134 g/mol. The van der Waals surface area contributed by atoms with Crippen LogP contribution in [0.1, 0.15) is 6.42 Å². The quantitative estimate of drug-likeness (QED) is 0.583. The van der Waals surface area contributed by atoms with Crippen molar-refractivity contribution in [2.24, 2.45) is 5.73 Å². The summed E-state index contributed by atoms with van der Waals surface area (Å²) < 4.78 is 11.5. The van der Waals surface area contributed by atoms with E-state index in [1.165, 1.54) is 0 Å². The lowest BCUT2D eigenvalue weighted by Crippen LogP contribution is -2.26. The molecule has 0 bridgehead atoms. The van der Waals surface area contributed by atoms with Crippen LogP contribution in [0.25, 0.3) is 0 Å². The third-order valence-corrected chi connectivity index (χ3v) is 1.18. The van der Waals surface area contributed by atoms with E-state index in [0.717, 1.165) is 13.1 Å². The zero-order valence-electron chi connectivity index (χ0n) is 5.94. The van der Waals surface area contributed by atoms with Gasteiger partial charge in [-0.25, -0.2) is 0 Å². The standard InChI is InChI=1S/C6H15FN2/c1-9(6-4-8)5-2-3-7/h2-6,8H2,1H3. The van der Waals surface area contributed by atoms with Gasteiger partial charge in [-0.2, -0.15) is 0 Å². The zero-order chi connectivity index (χ0) is 7.11. The SMILES string of the molecule is CN(CCN)CCCF. The van der Waals surface area contributed by atoms with Gasteiger partial charge in [-0.15, -0.1) is 0 Å². The number of alkyl halides is 1.